The van der Waals surface area contributed by atoms with Gasteiger partial charge in [-0.2, -0.15) is 0 Å². The van der Waals surface area contributed by atoms with Gasteiger partial charge in [-0.1, -0.05) is 182 Å². The Kier molecular flexibility index (Phi) is 14.1. The summed E-state index contributed by atoms with van der Waals surface area (Å²) in [6.45, 7) is 45.1. The van der Waals surface area contributed by atoms with Gasteiger partial charge in [0.1, 0.15) is 49.4 Å². The first-order chi connectivity index (χ1) is 28.1. The summed E-state index contributed by atoms with van der Waals surface area (Å²) in [7, 11) is 0. The molecule has 0 aliphatic heterocycles. The second-order valence-electron chi connectivity index (χ2n) is 20.6. The van der Waals surface area contributed by atoms with Crippen LogP contribution in [0, 0.1) is 0 Å². The molecule has 320 valence electrons. The van der Waals surface area contributed by atoms with E-state index in [0.29, 0.717) is 52.1 Å². The summed E-state index contributed by atoms with van der Waals surface area (Å²) in [5.41, 5.74) is 13.4. The second-order valence-corrected chi connectivity index (χ2v) is 20.6. The highest BCUT2D eigenvalue weighted by atomic mass is 16.5. The van der Waals surface area contributed by atoms with Crippen LogP contribution in [0.3, 0.4) is 0 Å². The van der Waals surface area contributed by atoms with Crippen molar-refractivity contribution in [2.45, 2.75) is 130 Å². The number of rotatable bonds is 12. The van der Waals surface area contributed by atoms with E-state index in [1.165, 1.54) is 22.3 Å². The zero-order valence-electron chi connectivity index (χ0n) is 39.0. The summed E-state index contributed by atoms with van der Waals surface area (Å²) >= 11 is 0. The van der Waals surface area contributed by atoms with Crippen LogP contribution in [0.5, 0.6) is 23.0 Å². The Morgan fingerprint density at radius 3 is 0.600 bits per heavy atom. The zero-order chi connectivity index (χ0) is 44.2. The first-order valence-corrected chi connectivity index (χ1v) is 21.7. The average molecular weight is 809 g/mol. The normalized spacial score (nSPS) is 13.3. The van der Waals surface area contributed by atoms with E-state index in [1.54, 1.807) is 0 Å². The fourth-order valence-electron chi connectivity index (χ4n) is 7.93. The predicted molar refractivity (Wildman–Crippen MR) is 255 cm³/mol. The molecule has 5 rings (SSSR count). The molecule has 4 aromatic carbocycles. The molecule has 0 spiro atoms. The van der Waals surface area contributed by atoms with Crippen molar-refractivity contribution < 1.29 is 18.9 Å². The quantitative estimate of drug-likeness (QED) is 0.118. The third-order valence-corrected chi connectivity index (χ3v) is 11.3. The van der Waals surface area contributed by atoms with Gasteiger partial charge in [-0.3, -0.25) is 0 Å². The number of benzene rings is 4. The Balaban J connectivity index is 2.03. The van der Waals surface area contributed by atoms with E-state index in [0.717, 1.165) is 67.5 Å². The van der Waals surface area contributed by atoms with Crippen LogP contribution in [-0.2, 0) is 47.3 Å². The molecule has 0 aromatic heterocycles. The standard InChI is InChI=1S/C56H72O4/c1-17-21-57-49-37-25-39-31-46(54(8,9)10)33-41(50(39)58-22-18-2)27-43-35-48(56(14,15)16)36-44(52(43)60-24-20-4)28-42-34-47(55(11,12)13)32-40(51(42)59-23-19-3)26-38(49)30-45(29-37)53(5,6)7/h17-20,29-36H,1-4,21-28H2,5-16H3. The maximum absolute atomic E-state index is 6.79. The number of hydrogen-bond acceptors (Lipinski definition) is 4. The Morgan fingerprint density at radius 2 is 0.483 bits per heavy atom. The van der Waals surface area contributed by atoms with E-state index in [9.17, 15) is 0 Å². The van der Waals surface area contributed by atoms with Crippen LogP contribution in [0.2, 0.25) is 0 Å². The summed E-state index contributed by atoms with van der Waals surface area (Å²) in [6, 6.07) is 18.8. The van der Waals surface area contributed by atoms with Gasteiger partial charge in [-0.05, 0) is 88.4 Å². The van der Waals surface area contributed by atoms with E-state index >= 15 is 0 Å². The molecule has 0 atom stereocenters. The lowest BCUT2D eigenvalue weighted by molar-refractivity contribution is 0.347. The first kappa shape index (κ1) is 46.1. The van der Waals surface area contributed by atoms with Gasteiger partial charge in [0, 0.05) is 25.7 Å². The molecular formula is C56H72O4. The second kappa shape index (κ2) is 18.3. The summed E-state index contributed by atoms with van der Waals surface area (Å²) in [5.74, 6) is 3.52. The van der Waals surface area contributed by atoms with Gasteiger partial charge in [-0.15, -0.1) is 0 Å². The van der Waals surface area contributed by atoms with Crippen LogP contribution in [-0.4, -0.2) is 26.4 Å². The minimum absolute atomic E-state index is 0.127. The molecule has 0 N–H and O–H groups in total. The van der Waals surface area contributed by atoms with Gasteiger partial charge < -0.3 is 18.9 Å². The van der Waals surface area contributed by atoms with E-state index in [2.05, 4.69) is 158 Å². The van der Waals surface area contributed by atoms with E-state index < -0.39 is 0 Å². The largest absolute Gasteiger partial charge is 0.489 e. The molecule has 0 unspecified atom stereocenters. The molecule has 4 heteroatoms. The monoisotopic (exact) mass is 809 g/mol. The molecule has 1 aliphatic rings. The molecule has 60 heavy (non-hydrogen) atoms. The molecule has 0 amide bonds. The van der Waals surface area contributed by atoms with Gasteiger partial charge in [0.2, 0.25) is 0 Å². The molecule has 0 fully saturated rings. The summed E-state index contributed by atoms with van der Waals surface area (Å²) in [6.07, 6.45) is 9.74. The smallest absolute Gasteiger partial charge is 0.126 e. The average Bonchev–Trinajstić information content (AvgIpc) is 3.14. The van der Waals surface area contributed by atoms with Gasteiger partial charge in [0.15, 0.2) is 0 Å². The van der Waals surface area contributed by atoms with Crippen molar-refractivity contribution in [1.82, 2.24) is 0 Å². The van der Waals surface area contributed by atoms with Crippen LogP contribution in [0.25, 0.3) is 0 Å². The van der Waals surface area contributed by atoms with Gasteiger partial charge in [0.25, 0.3) is 0 Å². The Hall–Kier alpha value is -4.96. The number of ether oxygens (including phenoxy) is 4. The molecule has 0 saturated heterocycles. The fraction of sp³-hybridized carbons (Fsp3) is 0.429. The minimum Gasteiger partial charge on any atom is -0.489 e. The maximum atomic E-state index is 6.79. The first-order valence-electron chi connectivity index (χ1n) is 21.7. The minimum atomic E-state index is -0.127. The Labute approximate surface area is 363 Å². The van der Waals surface area contributed by atoms with E-state index in [4.69, 9.17) is 18.9 Å². The molecule has 0 saturated carbocycles. The molecule has 4 aromatic rings. The highest BCUT2D eigenvalue weighted by Gasteiger charge is 2.29. The topological polar surface area (TPSA) is 36.9 Å². The van der Waals surface area contributed by atoms with Crippen LogP contribution in [0.1, 0.15) is 150 Å². The van der Waals surface area contributed by atoms with Crippen LogP contribution in [0.15, 0.2) is 99.2 Å². The zero-order valence-corrected chi connectivity index (χ0v) is 39.0. The van der Waals surface area contributed by atoms with Gasteiger partial charge in [-0.25, -0.2) is 0 Å². The predicted octanol–water partition coefficient (Wildman–Crippen LogP) is 13.8. The highest BCUT2D eigenvalue weighted by Crippen LogP contribution is 2.44. The highest BCUT2D eigenvalue weighted by molar-refractivity contribution is 5.60. The van der Waals surface area contributed by atoms with Crippen molar-refractivity contribution in [1.29, 1.82) is 0 Å². The number of fused-ring (bicyclic) bond motifs is 8. The lowest BCUT2D eigenvalue weighted by Gasteiger charge is -2.29. The Morgan fingerprint density at radius 1 is 0.333 bits per heavy atom. The van der Waals surface area contributed by atoms with Crippen molar-refractivity contribution >= 4 is 0 Å². The molecule has 4 nitrogen and oxygen atoms in total. The third-order valence-electron chi connectivity index (χ3n) is 11.3. The van der Waals surface area contributed by atoms with Crippen LogP contribution in [0.4, 0.5) is 0 Å². The third kappa shape index (κ3) is 10.9. The lowest BCUT2D eigenvalue weighted by Crippen LogP contribution is -2.17. The summed E-state index contributed by atoms with van der Waals surface area (Å²) < 4.78 is 27.1. The Bertz CT molecular complexity index is 1810. The van der Waals surface area contributed by atoms with Crippen LogP contribution >= 0.6 is 0 Å². The van der Waals surface area contributed by atoms with E-state index in [1.807, 2.05) is 24.3 Å². The van der Waals surface area contributed by atoms with Crippen molar-refractivity contribution in [3.63, 3.8) is 0 Å². The van der Waals surface area contributed by atoms with E-state index in [-0.39, 0.29) is 21.7 Å². The van der Waals surface area contributed by atoms with Crippen molar-refractivity contribution in [3.05, 3.63) is 166 Å². The van der Waals surface area contributed by atoms with Crippen molar-refractivity contribution in [2.75, 3.05) is 26.4 Å². The molecule has 1 aliphatic carbocycles. The van der Waals surface area contributed by atoms with Crippen molar-refractivity contribution in [2.24, 2.45) is 0 Å². The molecule has 0 heterocycles. The lowest BCUT2D eigenvalue weighted by atomic mass is 9.79. The molecule has 8 bridgehead atoms. The SMILES string of the molecule is C=CCOc1c2cc(C(C)(C)C)cc1Cc1cc(C(C)(C)C)cc(c1OCC=C)Cc1cc(C(C)(C)C)cc(c1OCC=C)Cc1cc(C(C)(C)C)cc(c1OCC=C)C2. The summed E-state index contributed by atoms with van der Waals surface area (Å²) in [5, 5.41) is 0. The van der Waals surface area contributed by atoms with Gasteiger partial charge in [0.05, 0.1) is 0 Å². The van der Waals surface area contributed by atoms with Crippen LogP contribution < -0.4 is 18.9 Å². The maximum Gasteiger partial charge on any atom is 0.126 e. The molecular weight excluding hydrogens is 737 g/mol. The number of hydrogen-bond donors (Lipinski definition) is 0. The van der Waals surface area contributed by atoms with Gasteiger partial charge >= 0.3 is 0 Å². The van der Waals surface area contributed by atoms with Crippen molar-refractivity contribution in [3.8, 4) is 23.0 Å². The fourth-order valence-corrected chi connectivity index (χ4v) is 7.93. The summed E-state index contributed by atoms with van der Waals surface area (Å²) in [4.78, 5) is 0. The molecule has 0 radical (unpaired) electrons.